The van der Waals surface area contributed by atoms with E-state index in [9.17, 15) is 19.5 Å². The highest BCUT2D eigenvalue weighted by Gasteiger charge is 2.41. The Balaban J connectivity index is 2.69. The first-order chi connectivity index (χ1) is 7.86. The summed E-state index contributed by atoms with van der Waals surface area (Å²) in [5, 5.41) is 11.1. The fourth-order valence-corrected chi connectivity index (χ4v) is 2.02. The van der Waals surface area contributed by atoms with Gasteiger partial charge in [0.15, 0.2) is 0 Å². The number of carbonyl (C=O) groups excluding carboxylic acids is 2. The molecule has 7 heteroatoms. The Labute approximate surface area is 98.9 Å². The minimum atomic E-state index is -1.05. The summed E-state index contributed by atoms with van der Waals surface area (Å²) in [5.41, 5.74) is 3.77. The zero-order chi connectivity index (χ0) is 13.1. The maximum atomic E-state index is 11.4. The van der Waals surface area contributed by atoms with Crippen LogP contribution in [0, 0.1) is 0 Å². The SMILES string of the molecule is CC1(C(=O)O)CCCCN1CC(=O)NC(N)=O. The van der Waals surface area contributed by atoms with Gasteiger partial charge in [-0.3, -0.25) is 19.8 Å². The molecule has 1 unspecified atom stereocenters. The number of imide groups is 1. The third-order valence-corrected chi connectivity index (χ3v) is 3.10. The van der Waals surface area contributed by atoms with Gasteiger partial charge in [-0.25, -0.2) is 4.79 Å². The molecule has 1 aliphatic heterocycles. The van der Waals surface area contributed by atoms with Crippen LogP contribution in [0.5, 0.6) is 0 Å². The molecule has 1 heterocycles. The number of nitrogens with one attached hydrogen (secondary N) is 1. The van der Waals surface area contributed by atoms with Gasteiger partial charge in [0, 0.05) is 0 Å². The third-order valence-electron chi connectivity index (χ3n) is 3.10. The lowest BCUT2D eigenvalue weighted by Crippen LogP contribution is -2.58. The minimum Gasteiger partial charge on any atom is -0.480 e. The van der Waals surface area contributed by atoms with Crippen molar-refractivity contribution in [2.24, 2.45) is 5.73 Å². The Bertz CT molecular complexity index is 344. The van der Waals surface area contributed by atoms with Crippen molar-refractivity contribution in [1.82, 2.24) is 10.2 Å². The number of aliphatic carboxylic acids is 1. The van der Waals surface area contributed by atoms with Crippen molar-refractivity contribution in [2.75, 3.05) is 13.1 Å². The first-order valence-electron chi connectivity index (χ1n) is 5.44. The molecule has 0 aromatic rings. The van der Waals surface area contributed by atoms with Crippen LogP contribution in [0.1, 0.15) is 26.2 Å². The maximum Gasteiger partial charge on any atom is 0.323 e. The summed E-state index contributed by atoms with van der Waals surface area (Å²) in [6, 6.07) is -0.927. The maximum absolute atomic E-state index is 11.4. The van der Waals surface area contributed by atoms with Crippen molar-refractivity contribution in [1.29, 1.82) is 0 Å². The summed E-state index contributed by atoms with van der Waals surface area (Å²) >= 11 is 0. The molecule has 0 spiro atoms. The lowest BCUT2D eigenvalue weighted by molar-refractivity contribution is -0.153. The zero-order valence-corrected chi connectivity index (χ0v) is 9.73. The van der Waals surface area contributed by atoms with Crippen LogP contribution in [-0.4, -0.2) is 46.5 Å². The second kappa shape index (κ2) is 5.13. The summed E-state index contributed by atoms with van der Waals surface area (Å²) in [7, 11) is 0. The molecule has 1 fully saturated rings. The summed E-state index contributed by atoms with van der Waals surface area (Å²) in [6.45, 7) is 1.98. The topological polar surface area (TPSA) is 113 Å². The number of carbonyl (C=O) groups is 3. The Hall–Kier alpha value is -1.63. The summed E-state index contributed by atoms with van der Waals surface area (Å²) < 4.78 is 0. The van der Waals surface area contributed by atoms with E-state index in [1.54, 1.807) is 11.8 Å². The molecule has 1 rings (SSSR count). The highest BCUT2D eigenvalue weighted by Crippen LogP contribution is 2.27. The van der Waals surface area contributed by atoms with Gasteiger partial charge < -0.3 is 10.8 Å². The van der Waals surface area contributed by atoms with Crippen molar-refractivity contribution in [3.63, 3.8) is 0 Å². The molecular weight excluding hydrogens is 226 g/mol. The van der Waals surface area contributed by atoms with Crippen LogP contribution in [0.25, 0.3) is 0 Å². The largest absolute Gasteiger partial charge is 0.480 e. The lowest BCUT2D eigenvalue weighted by Gasteiger charge is -2.40. The number of rotatable bonds is 3. The van der Waals surface area contributed by atoms with Crippen molar-refractivity contribution in [2.45, 2.75) is 31.7 Å². The number of hydrogen-bond donors (Lipinski definition) is 3. The van der Waals surface area contributed by atoms with E-state index >= 15 is 0 Å². The van der Waals surface area contributed by atoms with Crippen LogP contribution < -0.4 is 11.1 Å². The fourth-order valence-electron chi connectivity index (χ4n) is 2.02. The molecule has 0 radical (unpaired) electrons. The van der Waals surface area contributed by atoms with E-state index in [2.05, 4.69) is 0 Å². The predicted octanol–water partition coefficient (Wildman–Crippen LogP) is -0.489. The predicted molar refractivity (Wildman–Crippen MR) is 59.2 cm³/mol. The Morgan fingerprint density at radius 1 is 1.41 bits per heavy atom. The number of carboxylic acids is 1. The number of urea groups is 1. The van der Waals surface area contributed by atoms with Gasteiger partial charge in [-0.05, 0) is 32.7 Å². The van der Waals surface area contributed by atoms with Crippen molar-refractivity contribution in [3.8, 4) is 0 Å². The van der Waals surface area contributed by atoms with Crippen LogP contribution in [0.3, 0.4) is 0 Å². The highest BCUT2D eigenvalue weighted by atomic mass is 16.4. The van der Waals surface area contributed by atoms with Gasteiger partial charge in [-0.1, -0.05) is 0 Å². The van der Waals surface area contributed by atoms with Gasteiger partial charge in [0.2, 0.25) is 5.91 Å². The van der Waals surface area contributed by atoms with E-state index in [1.165, 1.54) is 0 Å². The van der Waals surface area contributed by atoms with E-state index in [0.29, 0.717) is 13.0 Å². The van der Waals surface area contributed by atoms with Gasteiger partial charge in [-0.15, -0.1) is 0 Å². The van der Waals surface area contributed by atoms with Crippen LogP contribution in [0.15, 0.2) is 0 Å². The summed E-state index contributed by atoms with van der Waals surface area (Å²) in [5.74, 6) is -1.53. The molecule has 4 N–H and O–H groups in total. The summed E-state index contributed by atoms with van der Waals surface area (Å²) in [6.07, 6.45) is 2.15. The average Bonchev–Trinajstić information content (AvgIpc) is 2.20. The Morgan fingerprint density at radius 2 is 2.06 bits per heavy atom. The Kier molecular flexibility index (Phi) is 4.06. The van der Waals surface area contributed by atoms with Crippen LogP contribution in [0.4, 0.5) is 4.79 Å². The molecule has 96 valence electrons. The molecule has 1 atom stereocenters. The minimum absolute atomic E-state index is 0.133. The van der Waals surface area contributed by atoms with E-state index < -0.39 is 23.4 Å². The molecule has 7 nitrogen and oxygen atoms in total. The average molecular weight is 243 g/mol. The van der Waals surface area contributed by atoms with Gasteiger partial charge in [-0.2, -0.15) is 0 Å². The van der Waals surface area contributed by atoms with Gasteiger partial charge >= 0.3 is 12.0 Å². The van der Waals surface area contributed by atoms with Gasteiger partial charge in [0.1, 0.15) is 5.54 Å². The zero-order valence-electron chi connectivity index (χ0n) is 9.73. The molecule has 0 aliphatic carbocycles. The van der Waals surface area contributed by atoms with Crippen LogP contribution >= 0.6 is 0 Å². The van der Waals surface area contributed by atoms with Crippen molar-refractivity contribution < 1.29 is 19.5 Å². The molecule has 3 amide bonds. The van der Waals surface area contributed by atoms with Crippen LogP contribution in [0.2, 0.25) is 0 Å². The number of likely N-dealkylation sites (tertiary alicyclic amines) is 1. The molecule has 17 heavy (non-hydrogen) atoms. The Morgan fingerprint density at radius 3 is 2.59 bits per heavy atom. The van der Waals surface area contributed by atoms with E-state index in [1.807, 2.05) is 5.32 Å². The molecule has 0 bridgehead atoms. The van der Waals surface area contributed by atoms with E-state index in [-0.39, 0.29) is 6.54 Å². The van der Waals surface area contributed by atoms with Crippen LogP contribution in [-0.2, 0) is 9.59 Å². The number of nitrogens with two attached hydrogens (primary N) is 1. The third kappa shape index (κ3) is 3.16. The van der Waals surface area contributed by atoms with Gasteiger partial charge in [0.25, 0.3) is 0 Å². The highest BCUT2D eigenvalue weighted by molar-refractivity contribution is 5.94. The van der Waals surface area contributed by atoms with Crippen molar-refractivity contribution in [3.05, 3.63) is 0 Å². The number of nitrogens with zero attached hydrogens (tertiary/aromatic N) is 1. The quantitative estimate of drug-likeness (QED) is 0.619. The monoisotopic (exact) mass is 243 g/mol. The van der Waals surface area contributed by atoms with E-state index in [4.69, 9.17) is 5.73 Å². The number of carboxylic acid groups (broad SMARTS) is 1. The van der Waals surface area contributed by atoms with Gasteiger partial charge in [0.05, 0.1) is 6.54 Å². The standard InChI is InChI=1S/C10H17N3O4/c1-10(8(15)16)4-2-3-5-13(10)6-7(14)12-9(11)17/h2-6H2,1H3,(H,15,16)(H3,11,12,14,17). The second-order valence-electron chi connectivity index (χ2n) is 4.37. The lowest BCUT2D eigenvalue weighted by atomic mass is 9.88. The fraction of sp³-hybridized carbons (Fsp3) is 0.700. The second-order valence-corrected chi connectivity index (χ2v) is 4.37. The molecular formula is C10H17N3O4. The molecule has 1 aliphatic rings. The normalized spacial score (nSPS) is 25.2. The molecule has 0 saturated carbocycles. The first-order valence-corrected chi connectivity index (χ1v) is 5.44. The van der Waals surface area contributed by atoms with Crippen molar-refractivity contribution >= 4 is 17.9 Å². The molecule has 0 aromatic carbocycles. The number of hydrogen-bond acceptors (Lipinski definition) is 4. The molecule has 0 aromatic heterocycles. The number of amides is 3. The van der Waals surface area contributed by atoms with E-state index in [0.717, 1.165) is 12.8 Å². The first kappa shape index (κ1) is 13.4. The molecule has 1 saturated heterocycles. The number of piperidine rings is 1. The number of primary amides is 1. The smallest absolute Gasteiger partial charge is 0.323 e. The summed E-state index contributed by atoms with van der Waals surface area (Å²) in [4.78, 5) is 34.7.